The Morgan fingerprint density at radius 1 is 1.02 bits per heavy atom. The minimum absolute atomic E-state index is 0.00109. The molecular formula is C30H42FN5O4S. The van der Waals surface area contributed by atoms with Crippen molar-refractivity contribution >= 4 is 27.1 Å². The van der Waals surface area contributed by atoms with Crippen LogP contribution in [0.1, 0.15) is 94.0 Å². The lowest BCUT2D eigenvalue weighted by Crippen LogP contribution is -2.48. The number of imidazole rings is 1. The molecule has 4 unspecified atom stereocenters. The van der Waals surface area contributed by atoms with E-state index in [0.29, 0.717) is 61.4 Å². The number of carbonyl (C=O) groups is 1. The summed E-state index contributed by atoms with van der Waals surface area (Å²) in [6, 6.07) is 3.59. The molecule has 1 amide bonds. The predicted molar refractivity (Wildman–Crippen MR) is 154 cm³/mol. The zero-order chi connectivity index (χ0) is 28.9. The predicted octanol–water partition coefficient (Wildman–Crippen LogP) is 4.69. The van der Waals surface area contributed by atoms with Gasteiger partial charge in [-0.15, -0.1) is 0 Å². The Kier molecular flexibility index (Phi) is 7.86. The summed E-state index contributed by atoms with van der Waals surface area (Å²) in [4.78, 5) is 26.6. The zero-order valence-electron chi connectivity index (χ0n) is 24.2. The van der Waals surface area contributed by atoms with Crippen molar-refractivity contribution in [3.8, 4) is 0 Å². The van der Waals surface area contributed by atoms with Crippen LogP contribution >= 0.6 is 0 Å². The number of ether oxygens (including phenoxy) is 1. The monoisotopic (exact) mass is 587 g/mol. The summed E-state index contributed by atoms with van der Waals surface area (Å²) in [5, 5.41) is 2.80. The van der Waals surface area contributed by atoms with Gasteiger partial charge >= 0.3 is 0 Å². The molecule has 11 heteroatoms. The van der Waals surface area contributed by atoms with Gasteiger partial charge in [-0.25, -0.2) is 27.1 Å². The maximum Gasteiger partial charge on any atom is 0.250 e. The van der Waals surface area contributed by atoms with E-state index >= 15 is 0 Å². The number of amides is 1. The third-order valence-corrected chi connectivity index (χ3v) is 11.4. The molecule has 224 valence electrons. The van der Waals surface area contributed by atoms with Gasteiger partial charge in [0.2, 0.25) is 10.0 Å². The number of likely N-dealkylation sites (N-methyl/N-ethyl adjacent to an activating group) is 2. The molecule has 2 N–H and O–H groups in total. The third kappa shape index (κ3) is 5.51. The van der Waals surface area contributed by atoms with Crippen molar-refractivity contribution in [2.75, 3.05) is 20.4 Å². The molecule has 0 spiro atoms. The van der Waals surface area contributed by atoms with E-state index in [0.717, 1.165) is 29.9 Å². The number of hydrogen-bond acceptors (Lipinski definition) is 6. The molecule has 4 aliphatic rings. The number of H-pyrrole nitrogens is 1. The molecule has 3 heterocycles. The van der Waals surface area contributed by atoms with Crippen LogP contribution in [0.3, 0.4) is 0 Å². The maximum absolute atomic E-state index is 14.0. The maximum atomic E-state index is 14.0. The second kappa shape index (κ2) is 11.3. The van der Waals surface area contributed by atoms with Crippen molar-refractivity contribution in [2.45, 2.75) is 101 Å². The number of nitrogens with zero attached hydrogens (tertiary/aromatic N) is 3. The molecule has 1 aliphatic heterocycles. The SMILES string of the molecule is CNC(=O)C1=C(C2CCC(F)CC2)OC2CC(N(C)S(C)(=O)=O)C(c3ccc4[nH]c(C5CCCCC5)nc4n3)CC12. The van der Waals surface area contributed by atoms with Crippen LogP contribution < -0.4 is 5.32 Å². The molecule has 0 saturated heterocycles. The normalized spacial score (nSPS) is 31.3. The van der Waals surface area contributed by atoms with Crippen LogP contribution in [0, 0.1) is 11.8 Å². The Labute approximate surface area is 241 Å². The van der Waals surface area contributed by atoms with E-state index in [9.17, 15) is 17.6 Å². The molecule has 2 aromatic heterocycles. The van der Waals surface area contributed by atoms with Gasteiger partial charge in [0.15, 0.2) is 5.65 Å². The van der Waals surface area contributed by atoms with Gasteiger partial charge in [-0.3, -0.25) is 4.79 Å². The lowest BCUT2D eigenvalue weighted by atomic mass is 9.72. The van der Waals surface area contributed by atoms with E-state index in [2.05, 4.69) is 10.3 Å². The molecule has 3 aliphatic carbocycles. The van der Waals surface area contributed by atoms with Gasteiger partial charge in [0, 0.05) is 55.9 Å². The Morgan fingerprint density at radius 3 is 2.44 bits per heavy atom. The number of alkyl halides is 1. The minimum Gasteiger partial charge on any atom is -0.493 e. The molecule has 3 saturated carbocycles. The van der Waals surface area contributed by atoms with E-state index in [1.807, 2.05) is 12.1 Å². The number of sulfonamides is 1. The molecule has 0 aromatic carbocycles. The first-order valence-electron chi connectivity index (χ1n) is 15.2. The molecular weight excluding hydrogens is 545 g/mol. The molecule has 0 bridgehead atoms. The number of rotatable bonds is 6. The number of carbonyl (C=O) groups excluding carboxylic acids is 1. The summed E-state index contributed by atoms with van der Waals surface area (Å²) in [6.07, 6.45) is 9.24. The highest BCUT2D eigenvalue weighted by molar-refractivity contribution is 7.88. The van der Waals surface area contributed by atoms with Gasteiger partial charge in [0.25, 0.3) is 5.91 Å². The summed E-state index contributed by atoms with van der Waals surface area (Å²) in [6.45, 7) is 0. The minimum atomic E-state index is -3.51. The van der Waals surface area contributed by atoms with E-state index in [-0.39, 0.29) is 35.8 Å². The molecule has 9 nitrogen and oxygen atoms in total. The molecule has 2 aromatic rings. The summed E-state index contributed by atoms with van der Waals surface area (Å²) in [5.41, 5.74) is 2.96. The van der Waals surface area contributed by atoms with Gasteiger partial charge in [-0.1, -0.05) is 19.3 Å². The van der Waals surface area contributed by atoms with Crippen LogP contribution in [-0.2, 0) is 19.6 Å². The van der Waals surface area contributed by atoms with Crippen molar-refractivity contribution in [1.82, 2.24) is 24.6 Å². The first-order valence-corrected chi connectivity index (χ1v) is 17.0. The summed E-state index contributed by atoms with van der Waals surface area (Å²) in [5.74, 6) is 1.47. The molecule has 4 atom stereocenters. The van der Waals surface area contributed by atoms with E-state index in [4.69, 9.17) is 14.7 Å². The number of aromatic amines is 1. The number of allylic oxidation sites excluding steroid dienone is 1. The highest BCUT2D eigenvalue weighted by atomic mass is 32.2. The smallest absolute Gasteiger partial charge is 0.250 e. The number of fused-ring (bicyclic) bond motifs is 2. The Bertz CT molecular complexity index is 1430. The Balaban J connectivity index is 1.36. The fraction of sp³-hybridized carbons (Fsp3) is 0.700. The molecule has 0 radical (unpaired) electrons. The lowest BCUT2D eigenvalue weighted by Gasteiger charge is -2.41. The molecule has 3 fully saturated rings. The Hall–Kier alpha value is -2.53. The largest absolute Gasteiger partial charge is 0.493 e. The lowest BCUT2D eigenvalue weighted by molar-refractivity contribution is -0.117. The van der Waals surface area contributed by atoms with Crippen LogP contribution in [-0.4, -0.2) is 72.3 Å². The van der Waals surface area contributed by atoms with Gasteiger partial charge in [0.1, 0.15) is 23.9 Å². The first-order chi connectivity index (χ1) is 19.6. The highest BCUT2D eigenvalue weighted by Gasteiger charge is 2.51. The van der Waals surface area contributed by atoms with Crippen molar-refractivity contribution < 1.29 is 22.3 Å². The van der Waals surface area contributed by atoms with E-state index < -0.39 is 16.2 Å². The quantitative estimate of drug-likeness (QED) is 0.507. The molecule has 41 heavy (non-hydrogen) atoms. The zero-order valence-corrected chi connectivity index (χ0v) is 25.1. The van der Waals surface area contributed by atoms with Crippen LogP contribution in [0.5, 0.6) is 0 Å². The summed E-state index contributed by atoms with van der Waals surface area (Å²) in [7, 11) is -0.267. The number of halogens is 1. The second-order valence-electron chi connectivity index (χ2n) is 12.6. The summed E-state index contributed by atoms with van der Waals surface area (Å²) < 4.78 is 47.5. The third-order valence-electron chi connectivity index (χ3n) is 10.1. The highest BCUT2D eigenvalue weighted by Crippen LogP contribution is 2.50. The van der Waals surface area contributed by atoms with Crippen molar-refractivity contribution in [2.24, 2.45) is 11.8 Å². The van der Waals surface area contributed by atoms with Gasteiger partial charge in [-0.2, -0.15) is 0 Å². The van der Waals surface area contributed by atoms with Crippen LogP contribution in [0.15, 0.2) is 23.5 Å². The fourth-order valence-corrected chi connectivity index (χ4v) is 8.43. The van der Waals surface area contributed by atoms with Crippen molar-refractivity contribution in [3.63, 3.8) is 0 Å². The average molecular weight is 588 g/mol. The van der Waals surface area contributed by atoms with Gasteiger partial charge in [-0.05, 0) is 57.1 Å². The van der Waals surface area contributed by atoms with E-state index in [1.165, 1.54) is 29.8 Å². The number of aromatic nitrogens is 3. The van der Waals surface area contributed by atoms with E-state index in [1.54, 1.807) is 14.1 Å². The van der Waals surface area contributed by atoms with Gasteiger partial charge in [0.05, 0.1) is 17.3 Å². The van der Waals surface area contributed by atoms with Crippen LogP contribution in [0.2, 0.25) is 0 Å². The van der Waals surface area contributed by atoms with Crippen molar-refractivity contribution in [1.29, 1.82) is 0 Å². The second-order valence-corrected chi connectivity index (χ2v) is 14.6. The standard InChI is InChI=1S/C30H42FN5O4S/c1-32-30(37)26-21-15-20(22-13-14-23-29(33-22)35-28(34-23)18-7-5-4-6-8-18)24(36(2)41(3,38)39)16-25(21)40-27(26)17-9-11-19(31)12-10-17/h13-14,17-21,24-25H,4-12,15-16H2,1-3H3,(H,32,37)(H,33,34,35). The molecule has 6 rings (SSSR count). The number of pyridine rings is 1. The first kappa shape index (κ1) is 28.6. The number of nitrogens with one attached hydrogen (secondary N) is 2. The topological polar surface area (TPSA) is 117 Å². The van der Waals surface area contributed by atoms with Crippen LogP contribution in [0.4, 0.5) is 4.39 Å². The Morgan fingerprint density at radius 2 is 1.76 bits per heavy atom. The number of hydrogen-bond donors (Lipinski definition) is 2. The van der Waals surface area contributed by atoms with Crippen molar-refractivity contribution in [3.05, 3.63) is 35.0 Å². The van der Waals surface area contributed by atoms with Crippen LogP contribution in [0.25, 0.3) is 11.2 Å². The summed E-state index contributed by atoms with van der Waals surface area (Å²) >= 11 is 0. The average Bonchev–Trinajstić information content (AvgIpc) is 3.57. The van der Waals surface area contributed by atoms with Gasteiger partial charge < -0.3 is 15.0 Å². The fourth-order valence-electron chi connectivity index (χ4n) is 7.71.